The smallest absolute Gasteiger partial charge is 0.421 e. The summed E-state index contributed by atoms with van der Waals surface area (Å²) in [6, 6.07) is 11.1. The quantitative estimate of drug-likeness (QED) is 0.112. The number of benzene rings is 2. The van der Waals surface area contributed by atoms with E-state index in [9.17, 15) is 29.2 Å². The number of hydrogen-bond acceptors (Lipinski definition) is 10. The molecule has 0 radical (unpaired) electrons. The topological polar surface area (TPSA) is 198 Å². The summed E-state index contributed by atoms with van der Waals surface area (Å²) < 4.78 is 24.7. The van der Waals surface area contributed by atoms with Crippen molar-refractivity contribution in [1.82, 2.24) is 24.5 Å². The van der Waals surface area contributed by atoms with Crippen molar-refractivity contribution in [3.8, 4) is 6.07 Å². The zero-order chi connectivity index (χ0) is 37.2. The molecule has 3 N–H and O–H groups in total. The van der Waals surface area contributed by atoms with Crippen molar-refractivity contribution in [3.63, 3.8) is 0 Å². The van der Waals surface area contributed by atoms with Crippen LogP contribution >= 0.6 is 19.4 Å². The van der Waals surface area contributed by atoms with E-state index in [1.54, 1.807) is 49.8 Å². The molecule has 0 spiro atoms. The minimum absolute atomic E-state index is 0.142. The summed E-state index contributed by atoms with van der Waals surface area (Å²) in [5, 5.41) is 24.0. The molecule has 3 aliphatic rings. The van der Waals surface area contributed by atoms with E-state index in [1.165, 1.54) is 21.7 Å². The average Bonchev–Trinajstić information content (AvgIpc) is 3.50. The summed E-state index contributed by atoms with van der Waals surface area (Å²) in [5.74, 6) is 0.644. The second-order valence-electron chi connectivity index (χ2n) is 14.6. The average molecular weight is 747 g/mol. The summed E-state index contributed by atoms with van der Waals surface area (Å²) >= 11 is 6.90. The summed E-state index contributed by atoms with van der Waals surface area (Å²) in [6.07, 6.45) is 6.64. The molecule has 3 heterocycles. The number of halogens is 1. The van der Waals surface area contributed by atoms with E-state index in [0.717, 1.165) is 19.3 Å². The monoisotopic (exact) mass is 746 g/mol. The number of aryl methyl sites for hydroxylation is 1. The zero-order valence-electron chi connectivity index (χ0n) is 28.8. The Bertz CT molecular complexity index is 2380. The van der Waals surface area contributed by atoms with Gasteiger partial charge in [-0.1, -0.05) is 49.7 Å². The highest BCUT2D eigenvalue weighted by Gasteiger charge is 2.59. The lowest BCUT2D eigenvalue weighted by molar-refractivity contribution is -0.0989. The normalized spacial score (nSPS) is 18.7. The third-order valence-corrected chi connectivity index (χ3v) is 10.4. The van der Waals surface area contributed by atoms with Crippen LogP contribution in [0.25, 0.3) is 21.7 Å². The van der Waals surface area contributed by atoms with Crippen LogP contribution in [-0.2, 0) is 26.4 Å². The van der Waals surface area contributed by atoms with Crippen molar-refractivity contribution in [2.45, 2.75) is 51.6 Å². The first-order valence-corrected chi connectivity index (χ1v) is 18.4. The number of anilines is 2. The molecule has 17 heteroatoms. The SMILES string of the molecule is Cn1ccc2c([C@@H](c3cn(C45CC(C4)C5)nn3)N(C(=O)OCOP(=O)(O)O)c3cc(Cl)c4ncc(C#N)c(NCC(C)(C)C)c4c3)cccc2c1=O. The molecule has 52 heavy (non-hydrogen) atoms. The molecule has 270 valence electrons. The van der Waals surface area contributed by atoms with Crippen LogP contribution in [0.4, 0.5) is 16.2 Å². The van der Waals surface area contributed by atoms with Gasteiger partial charge in [0.2, 0.25) is 6.79 Å². The standard InChI is InChI=1S/C35H36ClN8O7P/c1-34(2,3)18-39-29-21(15-37)16-38-30-26(29)10-22(11-27(30)36)44(33(46)50-19-51-52(47,48)49)31(28-17-43(41-40-28)35-12-20(13-35)14-35)24-6-5-7-25-23(24)8-9-42(4)32(25)45/h5-11,16-17,20,31H,12-14,18-19H2,1-4H3,(H,38,39)(H2,47,48,49)/t20?,31-,35?/m0/s1. The first-order chi connectivity index (χ1) is 24.6. The Morgan fingerprint density at radius 2 is 1.96 bits per heavy atom. The number of aromatic nitrogens is 5. The lowest BCUT2D eigenvalue weighted by Gasteiger charge is -2.61. The van der Waals surface area contributed by atoms with Crippen LogP contribution in [0, 0.1) is 22.7 Å². The second-order valence-corrected chi connectivity index (χ2v) is 16.3. The molecular weight excluding hydrogens is 711 g/mol. The molecule has 1 atom stereocenters. The fourth-order valence-electron chi connectivity index (χ4n) is 7.00. The molecule has 0 aliphatic heterocycles. The van der Waals surface area contributed by atoms with Crippen LogP contribution < -0.4 is 15.8 Å². The van der Waals surface area contributed by atoms with E-state index in [4.69, 9.17) is 16.3 Å². The largest absolute Gasteiger partial charge is 0.472 e. The molecule has 3 aromatic heterocycles. The highest BCUT2D eigenvalue weighted by atomic mass is 35.5. The lowest BCUT2D eigenvalue weighted by Crippen LogP contribution is -2.59. The Hall–Kier alpha value is -4.84. The number of nitriles is 1. The van der Waals surface area contributed by atoms with Gasteiger partial charge in [0, 0.05) is 36.8 Å². The van der Waals surface area contributed by atoms with Gasteiger partial charge >= 0.3 is 13.9 Å². The number of nitrogens with one attached hydrogen (secondary N) is 1. The van der Waals surface area contributed by atoms with E-state index in [2.05, 4.69) is 31.2 Å². The van der Waals surface area contributed by atoms with Crippen molar-refractivity contribution >= 4 is 58.6 Å². The van der Waals surface area contributed by atoms with Crippen LogP contribution in [0.2, 0.25) is 5.02 Å². The van der Waals surface area contributed by atoms with Crippen molar-refractivity contribution in [2.24, 2.45) is 18.4 Å². The summed E-state index contributed by atoms with van der Waals surface area (Å²) in [6.45, 7) is 5.50. The van der Waals surface area contributed by atoms with Gasteiger partial charge in [-0.15, -0.1) is 5.10 Å². The number of phosphoric acid groups is 1. The molecule has 5 aromatic rings. The molecule has 0 unspecified atom stereocenters. The molecule has 3 fully saturated rings. The lowest BCUT2D eigenvalue weighted by atomic mass is 9.50. The van der Waals surface area contributed by atoms with Gasteiger partial charge in [0.1, 0.15) is 17.8 Å². The third-order valence-electron chi connectivity index (χ3n) is 9.70. The Balaban J connectivity index is 1.47. The molecular formula is C35H36ClN8O7P. The van der Waals surface area contributed by atoms with Gasteiger partial charge in [0.15, 0.2) is 0 Å². The zero-order valence-corrected chi connectivity index (χ0v) is 30.4. The number of fused-ring (bicyclic) bond motifs is 2. The van der Waals surface area contributed by atoms with E-state index in [1.807, 2.05) is 25.5 Å². The Morgan fingerprint density at radius 1 is 1.21 bits per heavy atom. The van der Waals surface area contributed by atoms with E-state index >= 15 is 0 Å². The number of hydrogen-bond donors (Lipinski definition) is 3. The van der Waals surface area contributed by atoms with Crippen LogP contribution in [0.5, 0.6) is 0 Å². The maximum absolute atomic E-state index is 14.4. The number of carbonyl (C=O) groups excluding carboxylic acids is 1. The fraction of sp³-hybridized carbons (Fsp3) is 0.371. The molecule has 2 bridgehead atoms. The molecule has 2 aromatic carbocycles. The minimum atomic E-state index is -5.02. The fourth-order valence-corrected chi connectivity index (χ4v) is 7.46. The van der Waals surface area contributed by atoms with Gasteiger partial charge in [-0.05, 0) is 65.8 Å². The summed E-state index contributed by atoms with van der Waals surface area (Å²) in [4.78, 5) is 52.1. The molecule has 15 nitrogen and oxygen atoms in total. The third kappa shape index (κ3) is 6.53. The second kappa shape index (κ2) is 13.0. The number of phosphoric ester groups is 1. The van der Waals surface area contributed by atoms with Crippen LogP contribution in [0.15, 0.2) is 59.8 Å². The van der Waals surface area contributed by atoms with Crippen LogP contribution in [-0.4, -0.2) is 53.8 Å². The molecule has 0 saturated heterocycles. The first-order valence-electron chi connectivity index (χ1n) is 16.5. The molecule has 8 rings (SSSR count). The van der Waals surface area contributed by atoms with Gasteiger partial charge in [-0.25, -0.2) is 18.6 Å². The minimum Gasteiger partial charge on any atom is -0.421 e. The van der Waals surface area contributed by atoms with Gasteiger partial charge in [-0.2, -0.15) is 5.26 Å². The van der Waals surface area contributed by atoms with Gasteiger partial charge in [0.05, 0.1) is 39.2 Å². The maximum atomic E-state index is 14.4. The summed E-state index contributed by atoms with van der Waals surface area (Å²) in [5.41, 5.74) is 1.44. The predicted octanol–water partition coefficient (Wildman–Crippen LogP) is 5.97. The Kier molecular flexibility index (Phi) is 8.88. The van der Waals surface area contributed by atoms with Gasteiger partial charge in [0.25, 0.3) is 5.56 Å². The molecule has 3 saturated carbocycles. The molecule has 1 amide bonds. The van der Waals surface area contributed by atoms with Crippen molar-refractivity contribution in [3.05, 3.63) is 87.2 Å². The van der Waals surface area contributed by atoms with Crippen LogP contribution in [0.1, 0.15) is 62.9 Å². The summed E-state index contributed by atoms with van der Waals surface area (Å²) in [7, 11) is -3.38. The van der Waals surface area contributed by atoms with E-state index < -0.39 is 26.8 Å². The number of pyridine rings is 2. The van der Waals surface area contributed by atoms with Crippen LogP contribution in [0.3, 0.4) is 0 Å². The number of rotatable bonds is 10. The maximum Gasteiger partial charge on any atom is 0.472 e. The van der Waals surface area contributed by atoms with E-state index in [-0.39, 0.29) is 32.8 Å². The predicted molar refractivity (Wildman–Crippen MR) is 193 cm³/mol. The van der Waals surface area contributed by atoms with Gasteiger partial charge < -0.3 is 24.4 Å². The van der Waals surface area contributed by atoms with Crippen molar-refractivity contribution in [2.75, 3.05) is 23.6 Å². The number of amides is 1. The van der Waals surface area contributed by atoms with Gasteiger partial charge in [-0.3, -0.25) is 14.7 Å². The van der Waals surface area contributed by atoms with Crippen molar-refractivity contribution < 1.29 is 28.4 Å². The highest BCUT2D eigenvalue weighted by Crippen LogP contribution is 2.62. The molecule has 3 aliphatic carbocycles. The number of carbonyl (C=O) groups is 1. The van der Waals surface area contributed by atoms with E-state index in [0.29, 0.717) is 51.1 Å². The number of nitrogens with zero attached hydrogens (tertiary/aromatic N) is 7. The Morgan fingerprint density at radius 3 is 2.62 bits per heavy atom. The Labute approximate surface area is 303 Å². The first kappa shape index (κ1) is 35.6. The highest BCUT2D eigenvalue weighted by molar-refractivity contribution is 7.46. The number of ether oxygens (including phenoxy) is 1. The van der Waals surface area contributed by atoms with Crippen molar-refractivity contribution in [1.29, 1.82) is 5.26 Å².